The van der Waals surface area contributed by atoms with Gasteiger partial charge in [-0.2, -0.15) is 9.40 Å². The normalized spacial score (nSPS) is 20.2. The number of aromatic nitrogens is 4. The van der Waals surface area contributed by atoms with E-state index in [1.54, 1.807) is 0 Å². The molecular weight excluding hydrogens is 306 g/mol. The summed E-state index contributed by atoms with van der Waals surface area (Å²) in [5, 5.41) is 6.22. The van der Waals surface area contributed by atoms with Crippen molar-refractivity contribution in [1.29, 1.82) is 0 Å². The van der Waals surface area contributed by atoms with Crippen molar-refractivity contribution in [3.05, 3.63) is 35.7 Å². The number of aromatic amines is 1. The zero-order valence-corrected chi connectivity index (χ0v) is 13.2. The summed E-state index contributed by atoms with van der Waals surface area (Å²) in [6.07, 6.45) is 2.20. The van der Waals surface area contributed by atoms with Gasteiger partial charge in [0.15, 0.2) is 5.82 Å². The van der Waals surface area contributed by atoms with Gasteiger partial charge in [0.2, 0.25) is 10.0 Å². The van der Waals surface area contributed by atoms with E-state index in [0.717, 1.165) is 11.4 Å². The summed E-state index contributed by atoms with van der Waals surface area (Å²) >= 11 is 0. The van der Waals surface area contributed by atoms with Crippen molar-refractivity contribution in [2.75, 3.05) is 19.7 Å². The fraction of sp³-hybridized carbons (Fsp3) is 0.462. The standard InChI is InChI=1S/C13H17N5O3S/c1-9-5-10(2)17-13(16-9)12-8-18(3-4-21-12)22(19,20)11-6-14-15-7-11/h5-7,12H,3-4,8H2,1-2H3,(H,14,15). The van der Waals surface area contributed by atoms with Crippen molar-refractivity contribution in [3.8, 4) is 0 Å². The van der Waals surface area contributed by atoms with Gasteiger partial charge in [-0.15, -0.1) is 0 Å². The second kappa shape index (κ2) is 5.75. The molecule has 1 saturated heterocycles. The van der Waals surface area contributed by atoms with E-state index in [9.17, 15) is 8.42 Å². The number of hydrogen-bond donors (Lipinski definition) is 1. The van der Waals surface area contributed by atoms with Crippen molar-refractivity contribution in [1.82, 2.24) is 24.5 Å². The summed E-state index contributed by atoms with van der Waals surface area (Å²) in [5.41, 5.74) is 1.67. The van der Waals surface area contributed by atoms with Crippen LogP contribution in [-0.4, -0.2) is 52.6 Å². The molecule has 0 bridgehead atoms. The lowest BCUT2D eigenvalue weighted by atomic mass is 10.2. The second-order valence-corrected chi connectivity index (χ2v) is 7.10. The zero-order chi connectivity index (χ0) is 15.7. The van der Waals surface area contributed by atoms with Crippen LogP contribution in [0.15, 0.2) is 23.4 Å². The Morgan fingerprint density at radius 1 is 1.32 bits per heavy atom. The third kappa shape index (κ3) is 2.87. The highest BCUT2D eigenvalue weighted by atomic mass is 32.2. The highest BCUT2D eigenvalue weighted by Crippen LogP contribution is 2.24. The number of nitrogens with one attached hydrogen (secondary N) is 1. The number of nitrogens with zero attached hydrogens (tertiary/aromatic N) is 4. The van der Waals surface area contributed by atoms with Gasteiger partial charge in [-0.3, -0.25) is 5.10 Å². The molecule has 0 radical (unpaired) electrons. The van der Waals surface area contributed by atoms with Crippen molar-refractivity contribution in [2.45, 2.75) is 24.8 Å². The molecular formula is C13H17N5O3S. The molecule has 3 rings (SSSR count). The Balaban J connectivity index is 1.86. The Hall–Kier alpha value is -1.84. The quantitative estimate of drug-likeness (QED) is 0.886. The fourth-order valence-corrected chi connectivity index (χ4v) is 3.76. The van der Waals surface area contributed by atoms with Crippen LogP contribution >= 0.6 is 0 Å². The van der Waals surface area contributed by atoms with Crippen LogP contribution in [0.4, 0.5) is 0 Å². The highest BCUT2D eigenvalue weighted by molar-refractivity contribution is 7.89. The van der Waals surface area contributed by atoms with E-state index in [1.165, 1.54) is 16.7 Å². The minimum absolute atomic E-state index is 0.148. The summed E-state index contributed by atoms with van der Waals surface area (Å²) in [7, 11) is -3.58. The number of rotatable bonds is 3. The topological polar surface area (TPSA) is 101 Å². The maximum absolute atomic E-state index is 12.5. The summed E-state index contributed by atoms with van der Waals surface area (Å²) in [5.74, 6) is 0.518. The maximum Gasteiger partial charge on any atom is 0.246 e. The summed E-state index contributed by atoms with van der Waals surface area (Å²) in [6, 6.07) is 1.87. The Bertz CT molecular complexity index is 740. The van der Waals surface area contributed by atoms with E-state index in [-0.39, 0.29) is 11.4 Å². The van der Waals surface area contributed by atoms with Crippen molar-refractivity contribution >= 4 is 10.0 Å². The van der Waals surface area contributed by atoms with E-state index in [0.29, 0.717) is 19.0 Å². The van der Waals surface area contributed by atoms with Gasteiger partial charge in [-0.05, 0) is 19.9 Å². The van der Waals surface area contributed by atoms with Crippen LogP contribution in [0.1, 0.15) is 23.3 Å². The molecule has 0 saturated carbocycles. The van der Waals surface area contributed by atoms with E-state index in [1.807, 2.05) is 19.9 Å². The number of hydrogen-bond acceptors (Lipinski definition) is 6. The minimum Gasteiger partial charge on any atom is -0.367 e. The summed E-state index contributed by atoms with van der Waals surface area (Å²) in [6.45, 7) is 4.55. The zero-order valence-electron chi connectivity index (χ0n) is 12.4. The van der Waals surface area contributed by atoms with Gasteiger partial charge in [0, 0.05) is 30.7 Å². The Kier molecular flexibility index (Phi) is 3.94. The van der Waals surface area contributed by atoms with Crippen molar-refractivity contribution < 1.29 is 13.2 Å². The van der Waals surface area contributed by atoms with E-state index >= 15 is 0 Å². The third-order valence-corrected chi connectivity index (χ3v) is 5.26. The highest BCUT2D eigenvalue weighted by Gasteiger charge is 2.33. The predicted octanol–water partition coefficient (Wildman–Crippen LogP) is 0.579. The number of aryl methyl sites for hydroxylation is 2. The lowest BCUT2D eigenvalue weighted by Gasteiger charge is -2.31. The molecule has 22 heavy (non-hydrogen) atoms. The third-order valence-electron chi connectivity index (χ3n) is 3.43. The monoisotopic (exact) mass is 323 g/mol. The van der Waals surface area contributed by atoms with Gasteiger partial charge < -0.3 is 4.74 Å². The largest absolute Gasteiger partial charge is 0.367 e. The first-order valence-corrected chi connectivity index (χ1v) is 8.33. The summed E-state index contributed by atoms with van der Waals surface area (Å²) in [4.78, 5) is 8.87. The number of sulfonamides is 1. The van der Waals surface area contributed by atoms with E-state index in [4.69, 9.17) is 4.74 Å². The molecule has 0 aliphatic carbocycles. The second-order valence-electron chi connectivity index (χ2n) is 5.17. The number of ether oxygens (including phenoxy) is 1. The molecule has 1 fully saturated rings. The molecule has 8 nitrogen and oxygen atoms in total. The Labute approximate surface area is 128 Å². The number of H-pyrrole nitrogens is 1. The van der Waals surface area contributed by atoms with Crippen molar-refractivity contribution in [3.63, 3.8) is 0 Å². The average Bonchev–Trinajstić information content (AvgIpc) is 3.01. The lowest BCUT2D eigenvalue weighted by molar-refractivity contribution is -0.00769. The molecule has 9 heteroatoms. The van der Waals surface area contributed by atoms with Gasteiger partial charge in [0.25, 0.3) is 0 Å². The van der Waals surface area contributed by atoms with Crippen molar-refractivity contribution in [2.24, 2.45) is 0 Å². The van der Waals surface area contributed by atoms with E-state index in [2.05, 4.69) is 20.2 Å². The van der Waals surface area contributed by atoms with Crippen LogP contribution in [0, 0.1) is 13.8 Å². The molecule has 1 aliphatic rings. The fourth-order valence-electron chi connectivity index (χ4n) is 2.43. The van der Waals surface area contributed by atoms with Crippen LogP contribution in [-0.2, 0) is 14.8 Å². The molecule has 1 atom stereocenters. The van der Waals surface area contributed by atoms with Gasteiger partial charge in [0.1, 0.15) is 11.0 Å². The van der Waals surface area contributed by atoms with Gasteiger partial charge in [-0.25, -0.2) is 18.4 Å². The molecule has 0 spiro atoms. The van der Waals surface area contributed by atoms with Crippen LogP contribution in [0.5, 0.6) is 0 Å². The van der Waals surface area contributed by atoms with Crippen LogP contribution in [0.25, 0.3) is 0 Å². The lowest BCUT2D eigenvalue weighted by Crippen LogP contribution is -2.42. The maximum atomic E-state index is 12.5. The van der Waals surface area contributed by atoms with Gasteiger partial charge in [-0.1, -0.05) is 0 Å². The molecule has 3 heterocycles. The SMILES string of the molecule is Cc1cc(C)nc(C2CN(S(=O)(=O)c3cn[nH]c3)CCO2)n1. The first-order chi connectivity index (χ1) is 10.5. The average molecular weight is 323 g/mol. The molecule has 1 unspecified atom stereocenters. The van der Waals surface area contributed by atoms with E-state index < -0.39 is 16.1 Å². The van der Waals surface area contributed by atoms with Crippen LogP contribution in [0.2, 0.25) is 0 Å². The molecule has 0 aromatic carbocycles. The van der Waals surface area contributed by atoms with Crippen LogP contribution < -0.4 is 0 Å². The number of morpholine rings is 1. The molecule has 1 N–H and O–H groups in total. The Morgan fingerprint density at radius 3 is 2.68 bits per heavy atom. The molecule has 2 aromatic rings. The van der Waals surface area contributed by atoms with Crippen LogP contribution in [0.3, 0.4) is 0 Å². The molecule has 118 valence electrons. The predicted molar refractivity (Wildman–Crippen MR) is 77.5 cm³/mol. The Morgan fingerprint density at radius 2 is 2.05 bits per heavy atom. The van der Waals surface area contributed by atoms with Gasteiger partial charge in [0.05, 0.1) is 12.8 Å². The molecule has 0 amide bonds. The first kappa shape index (κ1) is 15.1. The first-order valence-electron chi connectivity index (χ1n) is 6.89. The van der Waals surface area contributed by atoms with Gasteiger partial charge >= 0.3 is 0 Å². The summed E-state index contributed by atoms with van der Waals surface area (Å²) < 4.78 is 32.1. The smallest absolute Gasteiger partial charge is 0.246 e. The molecule has 1 aliphatic heterocycles. The minimum atomic E-state index is -3.58. The molecule has 2 aromatic heterocycles.